The van der Waals surface area contributed by atoms with Gasteiger partial charge in [0, 0.05) is 11.3 Å². The van der Waals surface area contributed by atoms with E-state index in [0.717, 1.165) is 22.5 Å². The maximum Gasteiger partial charge on any atom is 0.255 e. The molecule has 1 unspecified atom stereocenters. The fourth-order valence-electron chi connectivity index (χ4n) is 3.18. The molecule has 2 aliphatic rings. The van der Waals surface area contributed by atoms with Crippen LogP contribution in [0.25, 0.3) is 0 Å². The zero-order chi connectivity index (χ0) is 15.3. The van der Waals surface area contributed by atoms with E-state index in [1.54, 1.807) is 0 Å². The molecule has 3 N–H and O–H groups in total. The van der Waals surface area contributed by atoms with Crippen molar-refractivity contribution in [2.75, 3.05) is 16.0 Å². The smallest absolute Gasteiger partial charge is 0.255 e. The van der Waals surface area contributed by atoms with E-state index in [1.165, 1.54) is 0 Å². The number of anilines is 3. The van der Waals surface area contributed by atoms with Gasteiger partial charge in [-0.3, -0.25) is 9.59 Å². The van der Waals surface area contributed by atoms with E-state index in [2.05, 4.69) is 16.0 Å². The predicted octanol–water partition coefficient (Wildman–Crippen LogP) is 2.60. The second-order valence-electron chi connectivity index (χ2n) is 5.80. The Hall–Kier alpha value is -2.82. The topological polar surface area (TPSA) is 70.2 Å². The van der Waals surface area contributed by atoms with Gasteiger partial charge in [-0.05, 0) is 25.1 Å². The highest BCUT2D eigenvalue weighted by Crippen LogP contribution is 2.43. The van der Waals surface area contributed by atoms with E-state index >= 15 is 0 Å². The van der Waals surface area contributed by atoms with Crippen molar-refractivity contribution >= 4 is 28.9 Å². The standard InChI is InChI=1S/C17H15N3O2/c1-10-6-7-12-11(8-10)17(9-15(21)18-12)16(22)19-13-4-2-3-5-14(13)20-17/h2-8,20H,9H2,1H3,(H,18,21)(H,19,22). The minimum Gasteiger partial charge on any atom is -0.365 e. The third kappa shape index (κ3) is 1.72. The van der Waals surface area contributed by atoms with E-state index in [1.807, 2.05) is 49.4 Å². The first-order valence-electron chi connectivity index (χ1n) is 7.18. The third-order valence-corrected chi connectivity index (χ3v) is 4.25. The molecule has 1 atom stereocenters. The van der Waals surface area contributed by atoms with Gasteiger partial charge >= 0.3 is 0 Å². The number of hydrogen-bond acceptors (Lipinski definition) is 3. The molecule has 0 fully saturated rings. The van der Waals surface area contributed by atoms with Crippen LogP contribution >= 0.6 is 0 Å². The highest BCUT2D eigenvalue weighted by Gasteiger charge is 2.49. The molecule has 2 heterocycles. The fraction of sp³-hybridized carbons (Fsp3) is 0.176. The first kappa shape index (κ1) is 12.9. The van der Waals surface area contributed by atoms with Crippen LogP contribution in [-0.2, 0) is 15.1 Å². The molecule has 0 aromatic heterocycles. The van der Waals surface area contributed by atoms with E-state index in [9.17, 15) is 9.59 Å². The van der Waals surface area contributed by atoms with Crippen LogP contribution < -0.4 is 16.0 Å². The summed E-state index contributed by atoms with van der Waals surface area (Å²) >= 11 is 0. The molecule has 0 radical (unpaired) electrons. The van der Waals surface area contributed by atoms with Gasteiger partial charge in [0.15, 0.2) is 5.54 Å². The Morgan fingerprint density at radius 2 is 1.73 bits per heavy atom. The van der Waals surface area contributed by atoms with Crippen LogP contribution in [0.3, 0.4) is 0 Å². The maximum atomic E-state index is 12.8. The third-order valence-electron chi connectivity index (χ3n) is 4.25. The molecule has 2 aromatic carbocycles. The number of carbonyl (C=O) groups excluding carboxylic acids is 2. The molecule has 2 amide bonds. The van der Waals surface area contributed by atoms with Gasteiger partial charge in [-0.15, -0.1) is 0 Å². The summed E-state index contributed by atoms with van der Waals surface area (Å²) in [5, 5.41) is 9.07. The number of benzene rings is 2. The van der Waals surface area contributed by atoms with Crippen molar-refractivity contribution in [3.8, 4) is 0 Å². The minimum atomic E-state index is -1.06. The van der Waals surface area contributed by atoms with Gasteiger partial charge in [-0.2, -0.15) is 0 Å². The summed E-state index contributed by atoms with van der Waals surface area (Å²) in [4.78, 5) is 24.9. The van der Waals surface area contributed by atoms with E-state index < -0.39 is 5.54 Å². The monoisotopic (exact) mass is 293 g/mol. The molecule has 2 aromatic rings. The van der Waals surface area contributed by atoms with Gasteiger partial charge in [0.05, 0.1) is 17.8 Å². The molecule has 4 rings (SSSR count). The van der Waals surface area contributed by atoms with Crippen LogP contribution in [0.4, 0.5) is 17.1 Å². The van der Waals surface area contributed by atoms with Crippen LogP contribution in [0.5, 0.6) is 0 Å². The number of para-hydroxylation sites is 2. The first-order valence-corrected chi connectivity index (χ1v) is 7.18. The van der Waals surface area contributed by atoms with Crippen molar-refractivity contribution in [2.45, 2.75) is 18.9 Å². The first-order chi connectivity index (χ1) is 10.6. The largest absolute Gasteiger partial charge is 0.365 e. The SMILES string of the molecule is Cc1ccc2c(c1)C1(CC(=O)N2)Nc2ccccc2NC1=O. The van der Waals surface area contributed by atoms with Crippen LogP contribution in [-0.4, -0.2) is 11.8 Å². The lowest BCUT2D eigenvalue weighted by Gasteiger charge is -2.42. The zero-order valence-corrected chi connectivity index (χ0v) is 12.1. The minimum absolute atomic E-state index is 0.0730. The Kier molecular flexibility index (Phi) is 2.54. The van der Waals surface area contributed by atoms with Crippen molar-refractivity contribution in [2.24, 2.45) is 0 Å². The highest BCUT2D eigenvalue weighted by atomic mass is 16.2. The van der Waals surface area contributed by atoms with Crippen molar-refractivity contribution in [1.29, 1.82) is 0 Å². The van der Waals surface area contributed by atoms with Crippen molar-refractivity contribution in [1.82, 2.24) is 0 Å². The van der Waals surface area contributed by atoms with Crippen molar-refractivity contribution in [3.63, 3.8) is 0 Å². The van der Waals surface area contributed by atoms with Crippen molar-refractivity contribution in [3.05, 3.63) is 53.6 Å². The normalized spacial score (nSPS) is 22.2. The molecule has 0 saturated carbocycles. The molecule has 0 bridgehead atoms. The van der Waals surface area contributed by atoms with E-state index in [-0.39, 0.29) is 18.2 Å². The number of fused-ring (bicyclic) bond motifs is 3. The lowest BCUT2D eigenvalue weighted by atomic mass is 9.79. The highest BCUT2D eigenvalue weighted by molar-refractivity contribution is 6.12. The Labute approximate surface area is 127 Å². The van der Waals surface area contributed by atoms with Crippen LogP contribution in [0, 0.1) is 6.92 Å². The Balaban J connectivity index is 1.93. The van der Waals surface area contributed by atoms with Gasteiger partial charge < -0.3 is 16.0 Å². The molecule has 1 spiro atoms. The summed E-state index contributed by atoms with van der Waals surface area (Å²) in [7, 11) is 0. The number of carbonyl (C=O) groups is 2. The molecule has 2 aliphatic heterocycles. The second kappa shape index (κ2) is 4.34. The summed E-state index contributed by atoms with van der Waals surface area (Å²) < 4.78 is 0. The second-order valence-corrected chi connectivity index (χ2v) is 5.80. The molecule has 5 nitrogen and oxygen atoms in total. The molecule has 0 aliphatic carbocycles. The van der Waals surface area contributed by atoms with E-state index in [0.29, 0.717) is 5.69 Å². The maximum absolute atomic E-state index is 12.8. The molecular formula is C17H15N3O2. The summed E-state index contributed by atoms with van der Waals surface area (Å²) in [5.41, 5.74) is 3.03. The summed E-state index contributed by atoms with van der Waals surface area (Å²) in [6.45, 7) is 1.97. The van der Waals surface area contributed by atoms with E-state index in [4.69, 9.17) is 0 Å². The van der Waals surface area contributed by atoms with Crippen LogP contribution in [0.1, 0.15) is 17.5 Å². The lowest BCUT2D eigenvalue weighted by molar-refractivity contribution is -0.126. The van der Waals surface area contributed by atoms with Crippen molar-refractivity contribution < 1.29 is 9.59 Å². The molecule has 110 valence electrons. The number of amides is 2. The Morgan fingerprint density at radius 3 is 2.55 bits per heavy atom. The molecule has 22 heavy (non-hydrogen) atoms. The average molecular weight is 293 g/mol. The van der Waals surface area contributed by atoms with Gasteiger partial charge in [-0.25, -0.2) is 0 Å². The van der Waals surface area contributed by atoms with Gasteiger partial charge in [0.25, 0.3) is 5.91 Å². The lowest BCUT2D eigenvalue weighted by Crippen LogP contribution is -2.54. The summed E-state index contributed by atoms with van der Waals surface area (Å²) in [5.74, 6) is -0.369. The number of hydrogen-bond donors (Lipinski definition) is 3. The summed E-state index contributed by atoms with van der Waals surface area (Å²) in [6.07, 6.45) is 0.0730. The quantitative estimate of drug-likeness (QED) is 0.699. The Bertz CT molecular complexity index is 815. The van der Waals surface area contributed by atoms with Gasteiger partial charge in [-0.1, -0.05) is 29.8 Å². The Morgan fingerprint density at radius 1 is 0.955 bits per heavy atom. The summed E-state index contributed by atoms with van der Waals surface area (Å²) in [6, 6.07) is 13.2. The molecule has 5 heteroatoms. The number of nitrogens with one attached hydrogen (secondary N) is 3. The number of aryl methyl sites for hydroxylation is 1. The number of rotatable bonds is 0. The predicted molar refractivity (Wildman–Crippen MR) is 84.8 cm³/mol. The van der Waals surface area contributed by atoms with Crippen LogP contribution in [0.2, 0.25) is 0 Å². The zero-order valence-electron chi connectivity index (χ0n) is 12.1. The fourth-order valence-corrected chi connectivity index (χ4v) is 3.18. The average Bonchev–Trinajstić information content (AvgIpc) is 2.49. The molecular weight excluding hydrogens is 278 g/mol. The van der Waals surface area contributed by atoms with Gasteiger partial charge in [0.2, 0.25) is 5.91 Å². The van der Waals surface area contributed by atoms with Gasteiger partial charge in [0.1, 0.15) is 0 Å². The van der Waals surface area contributed by atoms with Crippen LogP contribution in [0.15, 0.2) is 42.5 Å². The molecule has 0 saturated heterocycles.